The molecule has 1 aliphatic rings. The van der Waals surface area contributed by atoms with Gasteiger partial charge in [-0.2, -0.15) is 0 Å². The lowest BCUT2D eigenvalue weighted by Gasteiger charge is -2.27. The van der Waals surface area contributed by atoms with Crippen LogP contribution in [0.1, 0.15) is 72.1 Å². The third kappa shape index (κ3) is 5.80. The monoisotopic (exact) mass is 340 g/mol. The van der Waals surface area contributed by atoms with Crippen molar-refractivity contribution in [3.63, 3.8) is 0 Å². The third-order valence-electron chi connectivity index (χ3n) is 5.38. The van der Waals surface area contributed by atoms with E-state index in [1.807, 2.05) is 0 Å². The van der Waals surface area contributed by atoms with E-state index in [1.165, 1.54) is 19.3 Å². The van der Waals surface area contributed by atoms with Gasteiger partial charge in [-0.3, -0.25) is 14.4 Å². The molecular weight excluding hydrogens is 308 g/mol. The lowest BCUT2D eigenvalue weighted by molar-refractivity contribution is -0.149. The summed E-state index contributed by atoms with van der Waals surface area (Å²) in [6.07, 6.45) is 7.14. The van der Waals surface area contributed by atoms with E-state index >= 15 is 0 Å². The first-order valence-corrected chi connectivity index (χ1v) is 9.15. The van der Waals surface area contributed by atoms with Crippen molar-refractivity contribution in [1.82, 2.24) is 10.6 Å². The Hall–Kier alpha value is -1.59. The summed E-state index contributed by atoms with van der Waals surface area (Å²) in [6, 6.07) is -0.652. The van der Waals surface area contributed by atoms with Gasteiger partial charge in [-0.15, -0.1) is 0 Å². The predicted molar refractivity (Wildman–Crippen MR) is 92.5 cm³/mol. The molecule has 6 nitrogen and oxygen atoms in total. The largest absolute Gasteiger partial charge is 0.481 e. The van der Waals surface area contributed by atoms with Crippen LogP contribution in [0.25, 0.3) is 0 Å². The minimum atomic E-state index is -0.943. The number of carbonyl (C=O) groups is 3. The highest BCUT2D eigenvalue weighted by molar-refractivity contribution is 5.87. The fraction of sp³-hybridized carbons (Fsp3) is 0.833. The molecule has 0 aromatic rings. The van der Waals surface area contributed by atoms with Gasteiger partial charge < -0.3 is 15.7 Å². The summed E-state index contributed by atoms with van der Waals surface area (Å²) in [6.45, 7) is 5.32. The molecule has 0 aromatic carbocycles. The Labute approximate surface area is 144 Å². The van der Waals surface area contributed by atoms with Crippen molar-refractivity contribution in [3.05, 3.63) is 0 Å². The molecule has 1 rings (SSSR count). The van der Waals surface area contributed by atoms with Gasteiger partial charge in [-0.05, 0) is 38.5 Å². The summed E-state index contributed by atoms with van der Waals surface area (Å²) in [5, 5.41) is 14.8. The van der Waals surface area contributed by atoms with Crippen LogP contribution in [0.15, 0.2) is 0 Å². The summed E-state index contributed by atoms with van der Waals surface area (Å²) in [5.41, 5.74) is -0.943. The summed E-state index contributed by atoms with van der Waals surface area (Å²) in [5.74, 6) is -0.907. The molecule has 1 saturated carbocycles. The van der Waals surface area contributed by atoms with Crippen molar-refractivity contribution in [2.75, 3.05) is 6.54 Å². The average molecular weight is 340 g/mol. The number of carboxylic acids is 1. The van der Waals surface area contributed by atoms with Crippen molar-refractivity contribution >= 4 is 17.8 Å². The van der Waals surface area contributed by atoms with Gasteiger partial charge in [0.05, 0.1) is 5.41 Å². The number of carbonyl (C=O) groups excluding carboxylic acids is 2. The minimum absolute atomic E-state index is 0.0804. The SMILES string of the molecule is CCC(CC)(CNC(=O)C(C)NC(=O)CC1CCCCC1)C(=O)O. The standard InChI is InChI=1S/C18H32N2O4/c1-4-18(5-2,17(23)24)12-19-16(22)13(3)20-15(21)11-14-9-7-6-8-10-14/h13-14H,4-12H2,1-3H3,(H,19,22)(H,20,21)(H,23,24). The van der Waals surface area contributed by atoms with E-state index in [1.54, 1.807) is 20.8 Å². The summed E-state index contributed by atoms with van der Waals surface area (Å²) in [4.78, 5) is 35.7. The molecule has 1 aliphatic carbocycles. The molecule has 1 unspecified atom stereocenters. The molecule has 2 amide bonds. The van der Waals surface area contributed by atoms with Crippen LogP contribution in [0.2, 0.25) is 0 Å². The zero-order valence-corrected chi connectivity index (χ0v) is 15.2. The smallest absolute Gasteiger partial charge is 0.311 e. The van der Waals surface area contributed by atoms with Crippen LogP contribution in [-0.4, -0.2) is 35.5 Å². The van der Waals surface area contributed by atoms with Gasteiger partial charge in [0.1, 0.15) is 6.04 Å². The number of carboxylic acid groups (broad SMARTS) is 1. The van der Waals surface area contributed by atoms with E-state index < -0.39 is 17.4 Å². The molecule has 0 heterocycles. The molecular formula is C18H32N2O4. The summed E-state index contributed by atoms with van der Waals surface area (Å²) >= 11 is 0. The topological polar surface area (TPSA) is 95.5 Å². The summed E-state index contributed by atoms with van der Waals surface area (Å²) < 4.78 is 0. The maximum atomic E-state index is 12.2. The maximum absolute atomic E-state index is 12.2. The Morgan fingerprint density at radius 1 is 1.12 bits per heavy atom. The molecule has 1 fully saturated rings. The van der Waals surface area contributed by atoms with Crippen LogP contribution >= 0.6 is 0 Å². The number of amides is 2. The molecule has 0 saturated heterocycles. The molecule has 0 aromatic heterocycles. The molecule has 138 valence electrons. The average Bonchev–Trinajstić information content (AvgIpc) is 2.56. The van der Waals surface area contributed by atoms with Crippen LogP contribution < -0.4 is 10.6 Å². The van der Waals surface area contributed by atoms with Gasteiger partial charge in [0.2, 0.25) is 11.8 Å². The molecule has 0 aliphatic heterocycles. The Balaban J connectivity index is 2.43. The zero-order valence-electron chi connectivity index (χ0n) is 15.2. The highest BCUT2D eigenvalue weighted by atomic mass is 16.4. The van der Waals surface area contributed by atoms with Gasteiger partial charge in [0.15, 0.2) is 0 Å². The Morgan fingerprint density at radius 3 is 2.21 bits per heavy atom. The van der Waals surface area contributed by atoms with E-state index in [0.717, 1.165) is 12.8 Å². The quantitative estimate of drug-likeness (QED) is 0.601. The molecule has 0 radical (unpaired) electrons. The van der Waals surface area contributed by atoms with Crippen LogP contribution in [-0.2, 0) is 14.4 Å². The van der Waals surface area contributed by atoms with Crippen molar-refractivity contribution < 1.29 is 19.5 Å². The first-order valence-electron chi connectivity index (χ1n) is 9.15. The van der Waals surface area contributed by atoms with E-state index in [9.17, 15) is 19.5 Å². The third-order valence-corrected chi connectivity index (χ3v) is 5.38. The van der Waals surface area contributed by atoms with Gasteiger partial charge in [-0.25, -0.2) is 0 Å². The number of rotatable bonds is 9. The maximum Gasteiger partial charge on any atom is 0.311 e. The van der Waals surface area contributed by atoms with Crippen LogP contribution in [0.4, 0.5) is 0 Å². The normalized spacial score (nSPS) is 17.1. The second-order valence-corrected chi connectivity index (χ2v) is 7.01. The minimum Gasteiger partial charge on any atom is -0.481 e. The zero-order chi connectivity index (χ0) is 18.2. The summed E-state index contributed by atoms with van der Waals surface area (Å²) in [7, 11) is 0. The first-order chi connectivity index (χ1) is 11.3. The van der Waals surface area contributed by atoms with E-state index in [-0.39, 0.29) is 18.4 Å². The van der Waals surface area contributed by atoms with Gasteiger partial charge >= 0.3 is 5.97 Å². The molecule has 6 heteroatoms. The van der Waals surface area contributed by atoms with Crippen molar-refractivity contribution in [2.24, 2.45) is 11.3 Å². The predicted octanol–water partition coefficient (Wildman–Crippen LogP) is 2.47. The van der Waals surface area contributed by atoms with Crippen LogP contribution in [0, 0.1) is 11.3 Å². The molecule has 1 atom stereocenters. The highest BCUT2D eigenvalue weighted by Gasteiger charge is 2.35. The molecule has 24 heavy (non-hydrogen) atoms. The van der Waals surface area contributed by atoms with Crippen molar-refractivity contribution in [2.45, 2.75) is 78.2 Å². The molecule has 3 N–H and O–H groups in total. The van der Waals surface area contributed by atoms with E-state index in [4.69, 9.17) is 0 Å². The highest BCUT2D eigenvalue weighted by Crippen LogP contribution is 2.26. The second kappa shape index (κ2) is 9.64. The molecule has 0 spiro atoms. The van der Waals surface area contributed by atoms with Crippen molar-refractivity contribution in [3.8, 4) is 0 Å². The van der Waals surface area contributed by atoms with Gasteiger partial charge in [0, 0.05) is 13.0 Å². The lowest BCUT2D eigenvalue weighted by atomic mass is 9.82. The first kappa shape index (κ1) is 20.5. The Morgan fingerprint density at radius 2 is 1.71 bits per heavy atom. The van der Waals surface area contributed by atoms with Crippen LogP contribution in [0.3, 0.4) is 0 Å². The number of nitrogens with one attached hydrogen (secondary N) is 2. The number of aliphatic carboxylic acids is 1. The van der Waals surface area contributed by atoms with Crippen molar-refractivity contribution in [1.29, 1.82) is 0 Å². The second-order valence-electron chi connectivity index (χ2n) is 7.01. The Kier molecular flexibility index (Phi) is 8.22. The fourth-order valence-electron chi connectivity index (χ4n) is 3.31. The Bertz CT molecular complexity index is 440. The van der Waals surface area contributed by atoms with E-state index in [0.29, 0.717) is 25.2 Å². The number of hydrogen-bond acceptors (Lipinski definition) is 3. The van der Waals surface area contributed by atoms with Gasteiger partial charge in [0.25, 0.3) is 0 Å². The lowest BCUT2D eigenvalue weighted by Crippen LogP contribution is -2.49. The number of hydrogen-bond donors (Lipinski definition) is 3. The molecule has 0 bridgehead atoms. The fourth-order valence-corrected chi connectivity index (χ4v) is 3.31. The van der Waals surface area contributed by atoms with Gasteiger partial charge in [-0.1, -0.05) is 33.1 Å². The van der Waals surface area contributed by atoms with E-state index in [2.05, 4.69) is 10.6 Å². The van der Waals surface area contributed by atoms with Crippen LogP contribution in [0.5, 0.6) is 0 Å².